The fraction of sp³-hybridized carbons (Fsp3) is 0.0417. The van der Waals surface area contributed by atoms with Crippen LogP contribution in [0, 0.1) is 40.5 Å². The summed E-state index contributed by atoms with van der Waals surface area (Å²) in [5, 5.41) is 104. The zero-order valence-corrected chi connectivity index (χ0v) is 39.3. The number of fused-ring (bicyclic) bond motifs is 2. The second-order valence-corrected chi connectivity index (χ2v) is 16.1. The molecule has 0 heterocycles. The van der Waals surface area contributed by atoms with Crippen molar-refractivity contribution < 1.29 is 66.8 Å². The number of nitro benzene ring substituents is 4. The number of benzene rings is 8. The van der Waals surface area contributed by atoms with Crippen LogP contribution in [0.1, 0.15) is 31.8 Å². The summed E-state index contributed by atoms with van der Waals surface area (Å²) in [7, 11) is 0. The number of aromatic hydroxyl groups is 4. The van der Waals surface area contributed by atoms with Gasteiger partial charge in [0, 0.05) is 87.1 Å². The van der Waals surface area contributed by atoms with E-state index in [9.17, 15) is 70.5 Å². The first-order valence-corrected chi connectivity index (χ1v) is 21.3. The van der Waals surface area contributed by atoms with Crippen LogP contribution >= 0.6 is 23.2 Å². The van der Waals surface area contributed by atoms with Gasteiger partial charge in [-0.25, -0.2) is 0 Å². The summed E-state index contributed by atoms with van der Waals surface area (Å²) in [6, 6.07) is 31.7. The van der Waals surface area contributed by atoms with Crippen molar-refractivity contribution in [2.45, 2.75) is 12.8 Å². The van der Waals surface area contributed by atoms with Gasteiger partial charge in [-0.2, -0.15) is 0 Å². The molecule has 22 nitrogen and oxygen atoms in total. The molecular formula is C48H30Cl2FeN8O14. The Bertz CT molecular complexity index is 3420. The number of azo groups is 2. The smallest absolute Gasteiger partial charge is 0.314 e. The molecule has 0 saturated carbocycles. The molecule has 0 unspecified atom stereocenters. The first-order chi connectivity index (χ1) is 34.3. The monoisotopic (exact) mass is 1070 g/mol. The van der Waals surface area contributed by atoms with Gasteiger partial charge in [0.1, 0.15) is 22.7 Å². The van der Waals surface area contributed by atoms with E-state index in [0.717, 1.165) is 24.3 Å². The molecule has 0 atom stereocenters. The van der Waals surface area contributed by atoms with Crippen LogP contribution in [-0.4, -0.2) is 51.7 Å². The fourth-order valence-electron chi connectivity index (χ4n) is 7.16. The van der Waals surface area contributed by atoms with Gasteiger partial charge < -0.3 is 20.4 Å². The summed E-state index contributed by atoms with van der Waals surface area (Å²) in [6.07, 6.45) is -0.461. The molecule has 0 aliphatic heterocycles. The van der Waals surface area contributed by atoms with Crippen LogP contribution in [0.25, 0.3) is 21.5 Å². The summed E-state index contributed by atoms with van der Waals surface area (Å²) in [5.74, 6) is -3.62. The molecule has 73 heavy (non-hydrogen) atoms. The molecule has 0 saturated heterocycles. The standard InChI is InChI=1S/2C24H15ClN4O7.Fe/c2*25-15-11-19(24(32)20(12-15)29(35)36)26-27-22-17-7-2-1-5-14(17)10-18(23(22)31)21(30)9-13-4-3-6-16(8-13)28(33)34;/h2*1-8,10-12,31-32H,9H2;. The first-order valence-electron chi connectivity index (χ1n) is 20.5. The molecule has 8 aromatic rings. The average molecular weight is 1070 g/mol. The number of rotatable bonds is 14. The number of ketones is 2. The van der Waals surface area contributed by atoms with Crippen molar-refractivity contribution in [3.05, 3.63) is 206 Å². The van der Waals surface area contributed by atoms with Gasteiger partial charge in [0.2, 0.25) is 11.5 Å². The molecule has 368 valence electrons. The Labute approximate surface area is 429 Å². The van der Waals surface area contributed by atoms with Gasteiger partial charge in [0.15, 0.2) is 23.1 Å². The number of Topliss-reactive ketones (excluding diaryl/α,β-unsaturated/α-hetero) is 2. The van der Waals surface area contributed by atoms with E-state index in [4.69, 9.17) is 23.2 Å². The minimum Gasteiger partial charge on any atom is -0.505 e. The number of hydrogen-bond acceptors (Lipinski definition) is 18. The number of carbonyl (C=O) groups excluding carboxylic acids is 2. The van der Waals surface area contributed by atoms with E-state index in [2.05, 4.69) is 20.5 Å². The number of halogens is 2. The maximum absolute atomic E-state index is 13.1. The van der Waals surface area contributed by atoms with Gasteiger partial charge in [-0.3, -0.25) is 50.0 Å². The minimum atomic E-state index is -0.833. The number of hydrogen-bond donors (Lipinski definition) is 4. The maximum atomic E-state index is 13.1. The molecule has 8 rings (SSSR count). The molecule has 8 aromatic carbocycles. The largest absolute Gasteiger partial charge is 0.505 e. The predicted molar refractivity (Wildman–Crippen MR) is 261 cm³/mol. The van der Waals surface area contributed by atoms with Crippen molar-refractivity contribution in [2.24, 2.45) is 20.5 Å². The van der Waals surface area contributed by atoms with Gasteiger partial charge in [-0.15, -0.1) is 20.5 Å². The topological polar surface area (TPSA) is 337 Å². The number of phenols is 4. The number of nitrogens with zero attached hydrogens (tertiary/aromatic N) is 8. The van der Waals surface area contributed by atoms with E-state index >= 15 is 0 Å². The van der Waals surface area contributed by atoms with Gasteiger partial charge in [0.25, 0.3) is 11.4 Å². The van der Waals surface area contributed by atoms with Gasteiger partial charge >= 0.3 is 11.4 Å². The van der Waals surface area contributed by atoms with E-state index in [1.165, 1.54) is 48.5 Å². The van der Waals surface area contributed by atoms with Crippen molar-refractivity contribution in [2.75, 3.05) is 0 Å². The Kier molecular flexibility index (Phi) is 16.5. The normalized spacial score (nSPS) is 11.0. The zero-order chi connectivity index (χ0) is 52.0. The molecule has 0 amide bonds. The van der Waals surface area contributed by atoms with E-state index in [0.29, 0.717) is 32.7 Å². The quantitative estimate of drug-likeness (QED) is 0.0259. The Morgan fingerprint density at radius 1 is 0.452 bits per heavy atom. The van der Waals surface area contributed by atoms with Crippen molar-refractivity contribution >= 4 is 102 Å². The van der Waals surface area contributed by atoms with Crippen LogP contribution in [0.2, 0.25) is 10.0 Å². The van der Waals surface area contributed by atoms with Crippen LogP contribution < -0.4 is 0 Å². The third-order valence-corrected chi connectivity index (χ3v) is 11.0. The van der Waals surface area contributed by atoms with E-state index in [1.54, 1.807) is 60.7 Å². The second-order valence-electron chi connectivity index (χ2n) is 15.2. The van der Waals surface area contributed by atoms with Crippen molar-refractivity contribution in [3.8, 4) is 23.0 Å². The second kappa shape index (κ2) is 22.6. The van der Waals surface area contributed by atoms with Crippen molar-refractivity contribution in [1.82, 2.24) is 0 Å². The maximum Gasteiger partial charge on any atom is 0.314 e. The summed E-state index contributed by atoms with van der Waals surface area (Å²) in [6.45, 7) is 0. The van der Waals surface area contributed by atoms with E-state index < -0.39 is 65.6 Å². The van der Waals surface area contributed by atoms with Crippen LogP contribution in [0.15, 0.2) is 154 Å². The van der Waals surface area contributed by atoms with Gasteiger partial charge in [-0.05, 0) is 46.2 Å². The zero-order valence-electron chi connectivity index (χ0n) is 36.7. The average Bonchev–Trinajstić information content (AvgIpc) is 3.34. The van der Waals surface area contributed by atoms with Crippen LogP contribution in [0.4, 0.5) is 45.5 Å². The Morgan fingerprint density at radius 2 is 0.822 bits per heavy atom. The first kappa shape index (κ1) is 53.1. The molecule has 0 radical (unpaired) electrons. The molecular weight excluding hydrogens is 1040 g/mol. The number of carbonyl (C=O) groups is 2. The third-order valence-electron chi connectivity index (χ3n) is 10.5. The minimum absolute atomic E-state index is 0. The molecule has 0 spiro atoms. The predicted octanol–water partition coefficient (Wildman–Crippen LogP) is 13.1. The molecule has 0 aliphatic rings. The molecule has 25 heteroatoms. The van der Waals surface area contributed by atoms with E-state index in [-0.39, 0.29) is 85.2 Å². The summed E-state index contributed by atoms with van der Waals surface area (Å²) in [4.78, 5) is 67.7. The molecule has 0 bridgehead atoms. The fourth-order valence-corrected chi connectivity index (χ4v) is 7.58. The van der Waals surface area contributed by atoms with Crippen LogP contribution in [0.5, 0.6) is 23.0 Å². The summed E-state index contributed by atoms with van der Waals surface area (Å²) >= 11 is 11.8. The van der Waals surface area contributed by atoms with Crippen molar-refractivity contribution in [1.29, 1.82) is 0 Å². The Balaban J connectivity index is 0.000000235. The Morgan fingerprint density at radius 3 is 1.18 bits per heavy atom. The summed E-state index contributed by atoms with van der Waals surface area (Å²) in [5.41, 5.74) is -2.00. The molecule has 4 N–H and O–H groups in total. The van der Waals surface area contributed by atoms with Crippen LogP contribution in [0.3, 0.4) is 0 Å². The summed E-state index contributed by atoms with van der Waals surface area (Å²) < 4.78 is 0. The van der Waals surface area contributed by atoms with E-state index in [1.807, 2.05) is 0 Å². The number of non-ortho nitro benzene ring substituents is 2. The number of nitro groups is 4. The third kappa shape index (κ3) is 12.0. The SMILES string of the molecule is O=C(Cc1cccc([N+](=O)[O-])c1)c1cc2ccccc2c(N=Nc2cc(Cl)cc([N+](=O)[O-])c2O)c1O.O=C(Cc1cccc([N+](=O)[O-])c1)c1cc2ccccc2c(N=Nc2cc(Cl)cc([N+](=O)[O-])c2O)c1O.[Fe]. The molecule has 0 fully saturated rings. The van der Waals surface area contributed by atoms with Crippen molar-refractivity contribution in [3.63, 3.8) is 0 Å². The van der Waals surface area contributed by atoms with Crippen LogP contribution in [-0.2, 0) is 29.9 Å². The molecule has 0 aliphatic carbocycles. The molecule has 0 aromatic heterocycles. The number of phenolic OH excluding ortho intramolecular Hbond substituents is 4. The van der Waals surface area contributed by atoms with Gasteiger partial charge in [0.05, 0.1) is 30.8 Å². The van der Waals surface area contributed by atoms with Gasteiger partial charge in [-0.1, -0.05) is 96.0 Å². The Hall–Kier alpha value is -9.28.